The molecule has 0 saturated heterocycles. The van der Waals surface area contributed by atoms with Gasteiger partial charge >= 0.3 is 0 Å². The van der Waals surface area contributed by atoms with Gasteiger partial charge in [-0.15, -0.1) is 10.2 Å². The van der Waals surface area contributed by atoms with E-state index >= 15 is 0 Å². The van der Waals surface area contributed by atoms with E-state index in [2.05, 4.69) is 15.5 Å². The molecular formula is C15H18N4O. The molecule has 0 radical (unpaired) electrons. The summed E-state index contributed by atoms with van der Waals surface area (Å²) in [5.74, 6) is 1.40. The molecule has 1 aromatic heterocycles. The van der Waals surface area contributed by atoms with Crippen LogP contribution in [0, 0.1) is 13.8 Å². The summed E-state index contributed by atoms with van der Waals surface area (Å²) in [5.41, 5.74) is 2.81. The third kappa shape index (κ3) is 2.31. The smallest absolute Gasteiger partial charge is 0.258 e. The molecule has 1 aliphatic rings. The summed E-state index contributed by atoms with van der Waals surface area (Å²) in [5, 5.41) is 11.1. The number of anilines is 1. The van der Waals surface area contributed by atoms with Gasteiger partial charge in [-0.3, -0.25) is 14.7 Å². The third-order valence-corrected chi connectivity index (χ3v) is 3.71. The van der Waals surface area contributed by atoms with E-state index in [1.54, 1.807) is 0 Å². The van der Waals surface area contributed by atoms with Gasteiger partial charge in [0.2, 0.25) is 5.95 Å². The second-order valence-corrected chi connectivity index (χ2v) is 5.32. The minimum atomic E-state index is -0.122. The maximum atomic E-state index is 12.3. The number of aryl methyl sites for hydroxylation is 3. The minimum Gasteiger partial charge on any atom is -0.297 e. The van der Waals surface area contributed by atoms with Crippen molar-refractivity contribution in [1.82, 2.24) is 14.8 Å². The van der Waals surface area contributed by atoms with Crippen LogP contribution in [-0.4, -0.2) is 20.7 Å². The van der Waals surface area contributed by atoms with E-state index in [-0.39, 0.29) is 5.91 Å². The van der Waals surface area contributed by atoms with E-state index in [4.69, 9.17) is 0 Å². The summed E-state index contributed by atoms with van der Waals surface area (Å²) in [4.78, 5) is 12.3. The van der Waals surface area contributed by atoms with Gasteiger partial charge < -0.3 is 0 Å². The molecule has 0 atom stereocenters. The first-order valence-corrected chi connectivity index (χ1v) is 6.96. The number of carbonyl (C=O) groups excluding carboxylic acids is 1. The van der Waals surface area contributed by atoms with Crippen LogP contribution in [0.4, 0.5) is 5.95 Å². The van der Waals surface area contributed by atoms with Crippen molar-refractivity contribution in [3.8, 4) is 0 Å². The standard InChI is InChI=1S/C15H18N4O/c1-10-6-7-12(11(2)9-10)14(20)16-15-18-17-13-5-3-4-8-19(13)15/h6-7,9H,3-5,8H2,1-2H3,(H,16,18,20). The summed E-state index contributed by atoms with van der Waals surface area (Å²) in [6, 6.07) is 5.81. The van der Waals surface area contributed by atoms with Gasteiger partial charge in [-0.05, 0) is 38.3 Å². The van der Waals surface area contributed by atoms with Crippen LogP contribution in [0.5, 0.6) is 0 Å². The number of carbonyl (C=O) groups is 1. The number of aromatic nitrogens is 3. The van der Waals surface area contributed by atoms with E-state index in [0.717, 1.165) is 42.8 Å². The number of nitrogens with zero attached hydrogens (tertiary/aromatic N) is 3. The highest BCUT2D eigenvalue weighted by Gasteiger charge is 2.18. The Morgan fingerprint density at radius 2 is 2.10 bits per heavy atom. The molecule has 1 N–H and O–H groups in total. The number of rotatable bonds is 2. The SMILES string of the molecule is Cc1ccc(C(=O)Nc2nnc3n2CCCC3)c(C)c1. The average molecular weight is 270 g/mol. The van der Waals surface area contributed by atoms with E-state index in [9.17, 15) is 4.79 Å². The summed E-state index contributed by atoms with van der Waals surface area (Å²) in [7, 11) is 0. The fourth-order valence-corrected chi connectivity index (χ4v) is 2.64. The lowest BCUT2D eigenvalue weighted by molar-refractivity contribution is 0.102. The fourth-order valence-electron chi connectivity index (χ4n) is 2.64. The highest BCUT2D eigenvalue weighted by atomic mass is 16.1. The van der Waals surface area contributed by atoms with Gasteiger partial charge in [0.05, 0.1) is 0 Å². The zero-order valence-corrected chi connectivity index (χ0v) is 11.8. The Balaban J connectivity index is 1.84. The van der Waals surface area contributed by atoms with Crippen LogP contribution >= 0.6 is 0 Å². The molecule has 0 saturated carbocycles. The maximum absolute atomic E-state index is 12.3. The van der Waals surface area contributed by atoms with E-state index < -0.39 is 0 Å². The largest absolute Gasteiger partial charge is 0.297 e. The maximum Gasteiger partial charge on any atom is 0.258 e. The quantitative estimate of drug-likeness (QED) is 0.912. The van der Waals surface area contributed by atoms with Crippen molar-refractivity contribution in [2.45, 2.75) is 39.7 Å². The minimum absolute atomic E-state index is 0.122. The Kier molecular flexibility index (Phi) is 3.26. The van der Waals surface area contributed by atoms with Crippen molar-refractivity contribution >= 4 is 11.9 Å². The van der Waals surface area contributed by atoms with Gasteiger partial charge in [0.15, 0.2) is 0 Å². The molecule has 0 bridgehead atoms. The first-order chi connectivity index (χ1) is 9.65. The van der Waals surface area contributed by atoms with Crippen LogP contribution in [0.15, 0.2) is 18.2 Å². The molecule has 0 fully saturated rings. The van der Waals surface area contributed by atoms with Crippen molar-refractivity contribution in [2.75, 3.05) is 5.32 Å². The highest BCUT2D eigenvalue weighted by molar-refractivity contribution is 6.04. The lowest BCUT2D eigenvalue weighted by Gasteiger charge is -2.15. The number of hydrogen-bond acceptors (Lipinski definition) is 3. The van der Waals surface area contributed by atoms with Gasteiger partial charge in [0.1, 0.15) is 5.82 Å². The Hall–Kier alpha value is -2.17. The van der Waals surface area contributed by atoms with Crippen molar-refractivity contribution < 1.29 is 4.79 Å². The van der Waals surface area contributed by atoms with Gasteiger partial charge in [0.25, 0.3) is 5.91 Å². The first kappa shape index (κ1) is 12.8. The second-order valence-electron chi connectivity index (χ2n) is 5.32. The first-order valence-electron chi connectivity index (χ1n) is 6.96. The Morgan fingerprint density at radius 3 is 2.90 bits per heavy atom. The number of hydrogen-bond donors (Lipinski definition) is 1. The van der Waals surface area contributed by atoms with Gasteiger partial charge in [-0.25, -0.2) is 0 Å². The van der Waals surface area contributed by atoms with Crippen molar-refractivity contribution in [2.24, 2.45) is 0 Å². The van der Waals surface area contributed by atoms with Crippen LogP contribution in [0.1, 0.15) is 40.2 Å². The Morgan fingerprint density at radius 1 is 1.25 bits per heavy atom. The lowest BCUT2D eigenvalue weighted by atomic mass is 10.1. The summed E-state index contributed by atoms with van der Waals surface area (Å²) in [6.07, 6.45) is 3.19. The molecule has 1 amide bonds. The normalized spacial score (nSPS) is 13.9. The topological polar surface area (TPSA) is 59.8 Å². The Labute approximate surface area is 118 Å². The lowest BCUT2D eigenvalue weighted by Crippen LogP contribution is -2.19. The molecule has 1 aliphatic heterocycles. The Bertz CT molecular complexity index is 660. The molecule has 104 valence electrons. The van der Waals surface area contributed by atoms with Crippen LogP contribution in [0.2, 0.25) is 0 Å². The number of nitrogens with one attached hydrogen (secondary N) is 1. The summed E-state index contributed by atoms with van der Waals surface area (Å²) in [6.45, 7) is 4.84. The zero-order chi connectivity index (χ0) is 14.1. The van der Waals surface area contributed by atoms with Crippen molar-refractivity contribution in [1.29, 1.82) is 0 Å². The summed E-state index contributed by atoms with van der Waals surface area (Å²) >= 11 is 0. The molecule has 0 unspecified atom stereocenters. The van der Waals surface area contributed by atoms with Gasteiger partial charge in [-0.2, -0.15) is 0 Å². The molecule has 0 aliphatic carbocycles. The van der Waals surface area contributed by atoms with E-state index in [0.29, 0.717) is 11.5 Å². The molecule has 2 aromatic rings. The van der Waals surface area contributed by atoms with Crippen molar-refractivity contribution in [3.05, 3.63) is 40.7 Å². The molecule has 3 rings (SSSR count). The van der Waals surface area contributed by atoms with Gasteiger partial charge in [0, 0.05) is 18.5 Å². The highest BCUT2D eigenvalue weighted by Crippen LogP contribution is 2.18. The molecule has 2 heterocycles. The second kappa shape index (κ2) is 5.07. The number of amides is 1. The predicted octanol–water partition coefficient (Wildman–Crippen LogP) is 2.48. The molecule has 5 nitrogen and oxygen atoms in total. The van der Waals surface area contributed by atoms with Gasteiger partial charge in [-0.1, -0.05) is 17.7 Å². The molecule has 1 aromatic carbocycles. The zero-order valence-electron chi connectivity index (χ0n) is 11.8. The third-order valence-electron chi connectivity index (χ3n) is 3.71. The average Bonchev–Trinajstić information content (AvgIpc) is 2.82. The van der Waals surface area contributed by atoms with Crippen LogP contribution in [0.25, 0.3) is 0 Å². The van der Waals surface area contributed by atoms with Crippen LogP contribution in [-0.2, 0) is 13.0 Å². The molecule has 5 heteroatoms. The monoisotopic (exact) mass is 270 g/mol. The summed E-state index contributed by atoms with van der Waals surface area (Å²) < 4.78 is 2.00. The number of benzene rings is 1. The molecular weight excluding hydrogens is 252 g/mol. The molecule has 20 heavy (non-hydrogen) atoms. The molecule has 0 spiro atoms. The predicted molar refractivity (Wildman–Crippen MR) is 76.8 cm³/mol. The van der Waals surface area contributed by atoms with Crippen LogP contribution < -0.4 is 5.32 Å². The van der Waals surface area contributed by atoms with Crippen molar-refractivity contribution in [3.63, 3.8) is 0 Å². The van der Waals surface area contributed by atoms with E-state index in [1.807, 2.05) is 36.6 Å². The van der Waals surface area contributed by atoms with E-state index in [1.165, 1.54) is 0 Å². The fraction of sp³-hybridized carbons (Fsp3) is 0.400. The van der Waals surface area contributed by atoms with Crippen LogP contribution in [0.3, 0.4) is 0 Å². The number of fused-ring (bicyclic) bond motifs is 1.